The minimum atomic E-state index is -4.58. The third-order valence-electron chi connectivity index (χ3n) is 6.57. The molecule has 0 spiro atoms. The predicted octanol–water partition coefficient (Wildman–Crippen LogP) is 4.83. The normalized spacial score (nSPS) is 20.3. The van der Waals surface area contributed by atoms with Crippen LogP contribution >= 0.6 is 0 Å². The highest BCUT2D eigenvalue weighted by atomic mass is 19.4. The molecule has 2 heterocycles. The van der Waals surface area contributed by atoms with E-state index in [1.54, 1.807) is 36.1 Å². The first-order chi connectivity index (χ1) is 16.4. The van der Waals surface area contributed by atoms with Gasteiger partial charge in [0, 0.05) is 23.6 Å². The van der Waals surface area contributed by atoms with Gasteiger partial charge in [-0.2, -0.15) is 18.3 Å². The summed E-state index contributed by atoms with van der Waals surface area (Å²) in [7, 11) is 0. The van der Waals surface area contributed by atoms with Gasteiger partial charge in [0.05, 0.1) is 23.4 Å². The number of aliphatic carboxylic acids is 1. The molecule has 1 aliphatic rings. The maximum Gasteiger partial charge on any atom is 0.433 e. The fourth-order valence-corrected chi connectivity index (χ4v) is 4.54. The summed E-state index contributed by atoms with van der Waals surface area (Å²) in [4.78, 5) is 18.6. The van der Waals surface area contributed by atoms with Crippen LogP contribution in [0.1, 0.15) is 49.4 Å². The Hall–Kier alpha value is -3.47. The van der Waals surface area contributed by atoms with Crippen molar-refractivity contribution in [1.29, 1.82) is 0 Å². The van der Waals surface area contributed by atoms with Crippen molar-refractivity contribution in [3.05, 3.63) is 59.7 Å². The van der Waals surface area contributed by atoms with Gasteiger partial charge in [0.2, 0.25) is 5.95 Å². The van der Waals surface area contributed by atoms with E-state index in [1.807, 2.05) is 13.0 Å². The fourth-order valence-electron chi connectivity index (χ4n) is 4.54. The Morgan fingerprint density at radius 2 is 1.89 bits per heavy atom. The predicted molar refractivity (Wildman–Crippen MR) is 121 cm³/mol. The van der Waals surface area contributed by atoms with Crippen LogP contribution < -0.4 is 5.32 Å². The summed E-state index contributed by atoms with van der Waals surface area (Å²) in [6.07, 6.45) is 2.00. The number of nitrogens with one attached hydrogen (secondary N) is 1. The van der Waals surface area contributed by atoms with E-state index < -0.39 is 23.4 Å². The Kier molecular flexibility index (Phi) is 6.54. The van der Waals surface area contributed by atoms with Gasteiger partial charge in [-0.15, -0.1) is 0 Å². The molecule has 1 aromatic carbocycles. The summed E-state index contributed by atoms with van der Waals surface area (Å²) in [5.74, 6) is -1.44. The maximum absolute atomic E-state index is 13.0. The smallest absolute Gasteiger partial charge is 0.433 e. The minimum absolute atomic E-state index is 0.0939. The van der Waals surface area contributed by atoms with Crippen LogP contribution in [0.3, 0.4) is 0 Å². The van der Waals surface area contributed by atoms with Crippen molar-refractivity contribution in [1.82, 2.24) is 19.7 Å². The molecule has 1 aliphatic carbocycles. The number of carbonyl (C=O) groups is 1. The fraction of sp³-hybridized carbons (Fsp3) is 0.417. The lowest BCUT2D eigenvalue weighted by atomic mass is 9.72. The third-order valence-corrected chi connectivity index (χ3v) is 6.57. The van der Waals surface area contributed by atoms with Crippen molar-refractivity contribution in [2.45, 2.75) is 51.3 Å². The number of aromatic nitrogens is 4. The van der Waals surface area contributed by atoms with Gasteiger partial charge in [0.15, 0.2) is 0 Å². The molecule has 0 radical (unpaired) electrons. The van der Waals surface area contributed by atoms with E-state index in [4.69, 9.17) is 0 Å². The SMILES string of the molecule is Cc1cc(Nc2nccc(C(F)(F)F)n2)cc(-n2cc([C@](C)(O)C3CCC(C(=O)O)CC3)cn2)c1. The number of alkyl halides is 3. The van der Waals surface area contributed by atoms with E-state index in [2.05, 4.69) is 20.4 Å². The standard InChI is InChI=1S/C24H26F3N5O3/c1-14-9-18(30-22-28-8-7-20(31-22)24(25,26)27)11-19(10-14)32-13-17(12-29-32)23(2,35)16-5-3-15(4-6-16)21(33)34/h7-13,15-16,35H,3-6H2,1-2H3,(H,33,34)(H,28,30,31)/t15?,16?,23-/m1/s1. The number of carboxylic acid groups (broad SMARTS) is 1. The second kappa shape index (κ2) is 9.29. The first kappa shape index (κ1) is 24.6. The zero-order valence-corrected chi connectivity index (χ0v) is 19.3. The van der Waals surface area contributed by atoms with Crippen LogP contribution in [0.4, 0.5) is 24.8 Å². The molecule has 0 unspecified atom stereocenters. The molecule has 2 aromatic heterocycles. The van der Waals surface area contributed by atoms with Gasteiger partial charge in [0.1, 0.15) is 5.69 Å². The van der Waals surface area contributed by atoms with Crippen LogP contribution in [0.2, 0.25) is 0 Å². The summed E-state index contributed by atoms with van der Waals surface area (Å²) in [5.41, 5.74) is 0.324. The molecule has 11 heteroatoms. The van der Waals surface area contributed by atoms with Crippen LogP contribution in [0.15, 0.2) is 42.9 Å². The molecule has 1 atom stereocenters. The molecule has 8 nitrogen and oxygen atoms in total. The lowest BCUT2D eigenvalue weighted by Crippen LogP contribution is -2.35. The molecule has 4 rings (SSSR count). The molecule has 35 heavy (non-hydrogen) atoms. The number of hydrogen-bond donors (Lipinski definition) is 3. The molecular formula is C24H26F3N5O3. The summed E-state index contributed by atoms with van der Waals surface area (Å²) < 4.78 is 40.5. The van der Waals surface area contributed by atoms with Gasteiger partial charge in [-0.25, -0.2) is 14.6 Å². The highest BCUT2D eigenvalue weighted by Gasteiger charge is 2.39. The quantitative estimate of drug-likeness (QED) is 0.454. The van der Waals surface area contributed by atoms with Gasteiger partial charge < -0.3 is 15.5 Å². The van der Waals surface area contributed by atoms with E-state index in [9.17, 15) is 28.2 Å². The van der Waals surface area contributed by atoms with Gasteiger partial charge in [-0.1, -0.05) is 0 Å². The Morgan fingerprint density at radius 3 is 2.54 bits per heavy atom. The number of benzene rings is 1. The van der Waals surface area contributed by atoms with Gasteiger partial charge in [-0.3, -0.25) is 4.79 Å². The van der Waals surface area contributed by atoms with Crippen molar-refractivity contribution in [2.24, 2.45) is 11.8 Å². The molecule has 0 aliphatic heterocycles. The summed E-state index contributed by atoms with van der Waals surface area (Å²) >= 11 is 0. The number of nitrogens with zero attached hydrogens (tertiary/aromatic N) is 4. The average molecular weight is 489 g/mol. The van der Waals surface area contributed by atoms with Crippen LogP contribution in [-0.2, 0) is 16.6 Å². The van der Waals surface area contributed by atoms with Crippen LogP contribution in [-0.4, -0.2) is 35.9 Å². The second-order valence-corrected chi connectivity index (χ2v) is 9.15. The monoisotopic (exact) mass is 489 g/mol. The number of halogens is 3. The Balaban J connectivity index is 1.54. The average Bonchev–Trinajstić information content (AvgIpc) is 3.30. The number of aryl methyl sites for hydroxylation is 1. The van der Waals surface area contributed by atoms with E-state index in [0.717, 1.165) is 17.8 Å². The van der Waals surface area contributed by atoms with Crippen molar-refractivity contribution in [3.8, 4) is 5.69 Å². The Bertz CT molecular complexity index is 1220. The molecule has 0 bridgehead atoms. The van der Waals surface area contributed by atoms with Crippen molar-refractivity contribution < 1.29 is 28.2 Å². The number of anilines is 2. The molecular weight excluding hydrogens is 463 g/mol. The first-order valence-electron chi connectivity index (χ1n) is 11.2. The topological polar surface area (TPSA) is 113 Å². The van der Waals surface area contributed by atoms with Crippen LogP contribution in [0.25, 0.3) is 5.69 Å². The minimum Gasteiger partial charge on any atom is -0.481 e. The highest BCUT2D eigenvalue weighted by molar-refractivity contribution is 5.70. The van der Waals surface area contributed by atoms with Gasteiger partial charge in [0.25, 0.3) is 0 Å². The van der Waals surface area contributed by atoms with Gasteiger partial charge >= 0.3 is 12.1 Å². The van der Waals surface area contributed by atoms with E-state index in [1.165, 1.54) is 0 Å². The first-order valence-corrected chi connectivity index (χ1v) is 11.2. The number of rotatable bonds is 6. The lowest BCUT2D eigenvalue weighted by molar-refractivity contribution is -0.144. The third kappa shape index (κ3) is 5.45. The molecule has 186 valence electrons. The second-order valence-electron chi connectivity index (χ2n) is 9.15. The largest absolute Gasteiger partial charge is 0.481 e. The van der Waals surface area contributed by atoms with Crippen molar-refractivity contribution in [2.75, 3.05) is 5.32 Å². The molecule has 1 saturated carbocycles. The van der Waals surface area contributed by atoms with Gasteiger partial charge in [-0.05, 0) is 75.3 Å². The molecule has 3 aromatic rings. The number of carboxylic acids is 1. The van der Waals surface area contributed by atoms with E-state index >= 15 is 0 Å². The summed E-state index contributed by atoms with van der Waals surface area (Å²) in [6, 6.07) is 6.09. The summed E-state index contributed by atoms with van der Waals surface area (Å²) in [6.45, 7) is 3.55. The van der Waals surface area contributed by atoms with E-state index in [0.29, 0.717) is 42.6 Å². The molecule has 3 N–H and O–H groups in total. The van der Waals surface area contributed by atoms with Crippen LogP contribution in [0, 0.1) is 18.8 Å². The highest BCUT2D eigenvalue weighted by Crippen LogP contribution is 2.41. The maximum atomic E-state index is 13.0. The van der Waals surface area contributed by atoms with E-state index in [-0.39, 0.29) is 17.8 Å². The van der Waals surface area contributed by atoms with Crippen LogP contribution in [0.5, 0.6) is 0 Å². The molecule has 0 amide bonds. The number of aliphatic hydroxyl groups is 1. The number of hydrogen-bond acceptors (Lipinski definition) is 6. The lowest BCUT2D eigenvalue weighted by Gasteiger charge is -2.36. The Morgan fingerprint density at radius 1 is 1.17 bits per heavy atom. The zero-order valence-electron chi connectivity index (χ0n) is 19.3. The Labute approximate surface area is 199 Å². The van der Waals surface area contributed by atoms with Crippen molar-refractivity contribution in [3.63, 3.8) is 0 Å². The summed E-state index contributed by atoms with van der Waals surface area (Å²) in [5, 5.41) is 27.7. The molecule has 1 fully saturated rings. The zero-order chi connectivity index (χ0) is 25.4. The molecule has 0 saturated heterocycles. The van der Waals surface area contributed by atoms with Crippen molar-refractivity contribution >= 4 is 17.6 Å².